The molecule has 4 aromatic rings. The minimum atomic E-state index is -1.35. The highest BCUT2D eigenvalue weighted by Gasteiger charge is 2.29. The van der Waals surface area contributed by atoms with Crippen LogP contribution in [0.1, 0.15) is 34.3 Å². The Labute approximate surface area is 207 Å². The highest BCUT2D eigenvalue weighted by molar-refractivity contribution is 5.94. The fourth-order valence-electron chi connectivity index (χ4n) is 4.95. The largest absolute Gasteiger partial charge is 0.477 e. The van der Waals surface area contributed by atoms with Gasteiger partial charge in [-0.1, -0.05) is 12.1 Å². The molecule has 0 amide bonds. The second-order valence-electron chi connectivity index (χ2n) is 9.18. The number of halogens is 1. The summed E-state index contributed by atoms with van der Waals surface area (Å²) in [4.78, 5) is 31.0. The average molecular weight is 488 g/mol. The van der Waals surface area contributed by atoms with Crippen LogP contribution in [-0.4, -0.2) is 39.8 Å². The number of ether oxygens (including phenoxy) is 1. The molecule has 1 N–H and O–H groups in total. The molecule has 2 aromatic heterocycles. The minimum Gasteiger partial charge on any atom is -0.477 e. The summed E-state index contributed by atoms with van der Waals surface area (Å²) < 4.78 is 23.0. The second-order valence-corrected chi connectivity index (χ2v) is 9.18. The standard InChI is InChI=1S/C28H26FN3O4/c1-17-10-18(2)12-20(11-17)32-15-22(28(34)35)27(33)21-13-23(29)25(14-24(21)32)31-9-5-6-19(31)16-36-26-7-3-4-8-30-26/h3-4,7-8,10-15,19H,5-6,9,16H2,1-2H3,(H,34,35)/t19-/m1/s1. The van der Waals surface area contributed by atoms with E-state index >= 15 is 4.39 Å². The van der Waals surface area contributed by atoms with Crippen LogP contribution in [0.2, 0.25) is 0 Å². The molecule has 0 aliphatic carbocycles. The van der Waals surface area contributed by atoms with Gasteiger partial charge in [-0.3, -0.25) is 4.79 Å². The lowest BCUT2D eigenvalue weighted by Crippen LogP contribution is -2.35. The van der Waals surface area contributed by atoms with E-state index < -0.39 is 22.8 Å². The van der Waals surface area contributed by atoms with E-state index in [0.29, 0.717) is 35.9 Å². The van der Waals surface area contributed by atoms with Crippen molar-refractivity contribution in [2.75, 3.05) is 18.1 Å². The third-order valence-electron chi connectivity index (χ3n) is 6.54. The Hall–Kier alpha value is -4.20. The molecule has 2 aromatic carbocycles. The molecule has 36 heavy (non-hydrogen) atoms. The van der Waals surface area contributed by atoms with Crippen molar-refractivity contribution in [1.82, 2.24) is 9.55 Å². The summed E-state index contributed by atoms with van der Waals surface area (Å²) in [6, 6.07) is 14.0. The topological polar surface area (TPSA) is 84.7 Å². The SMILES string of the molecule is Cc1cc(C)cc(-n2cc(C(=O)O)c(=O)c3cc(F)c(N4CCC[C@@H]4COc4ccccn4)cc32)c1. The third-order valence-corrected chi connectivity index (χ3v) is 6.54. The summed E-state index contributed by atoms with van der Waals surface area (Å²) in [5, 5.41) is 9.68. The molecular weight excluding hydrogens is 461 g/mol. The Balaban J connectivity index is 1.63. The number of carbonyl (C=O) groups is 1. The van der Waals surface area contributed by atoms with E-state index in [1.807, 2.05) is 49.1 Å². The minimum absolute atomic E-state index is 0.0239. The summed E-state index contributed by atoms with van der Waals surface area (Å²) in [7, 11) is 0. The van der Waals surface area contributed by atoms with Crippen molar-refractivity contribution >= 4 is 22.6 Å². The van der Waals surface area contributed by atoms with Crippen molar-refractivity contribution < 1.29 is 19.0 Å². The molecule has 0 radical (unpaired) electrons. The Morgan fingerprint density at radius 3 is 2.64 bits per heavy atom. The van der Waals surface area contributed by atoms with Gasteiger partial charge in [0.25, 0.3) is 0 Å². The predicted molar refractivity (Wildman–Crippen MR) is 136 cm³/mol. The maximum absolute atomic E-state index is 15.5. The van der Waals surface area contributed by atoms with Crippen LogP contribution < -0.4 is 15.1 Å². The zero-order valence-electron chi connectivity index (χ0n) is 20.1. The first-order chi connectivity index (χ1) is 17.3. The first kappa shape index (κ1) is 23.5. The number of anilines is 1. The molecule has 0 saturated carbocycles. The number of pyridine rings is 2. The van der Waals surface area contributed by atoms with Gasteiger partial charge in [0, 0.05) is 36.1 Å². The molecule has 7 nitrogen and oxygen atoms in total. The van der Waals surface area contributed by atoms with E-state index in [4.69, 9.17) is 4.74 Å². The van der Waals surface area contributed by atoms with Crippen LogP contribution in [-0.2, 0) is 0 Å². The van der Waals surface area contributed by atoms with Crippen molar-refractivity contribution in [3.05, 3.63) is 93.7 Å². The molecule has 1 atom stereocenters. The van der Waals surface area contributed by atoms with Gasteiger partial charge in [-0.25, -0.2) is 14.2 Å². The lowest BCUT2D eigenvalue weighted by molar-refractivity contribution is 0.0695. The number of aromatic nitrogens is 2. The van der Waals surface area contributed by atoms with Crippen LogP contribution >= 0.6 is 0 Å². The fraction of sp³-hybridized carbons (Fsp3) is 0.250. The fourth-order valence-corrected chi connectivity index (χ4v) is 4.95. The van der Waals surface area contributed by atoms with Crippen LogP contribution in [0.3, 0.4) is 0 Å². The Morgan fingerprint density at radius 2 is 1.94 bits per heavy atom. The van der Waals surface area contributed by atoms with Crippen molar-refractivity contribution in [3.8, 4) is 11.6 Å². The zero-order valence-corrected chi connectivity index (χ0v) is 20.1. The Kier molecular flexibility index (Phi) is 6.18. The average Bonchev–Trinajstić information content (AvgIpc) is 3.31. The number of carboxylic acid groups (broad SMARTS) is 1. The summed E-state index contributed by atoms with van der Waals surface area (Å²) in [5.41, 5.74) is 2.37. The van der Waals surface area contributed by atoms with Crippen LogP contribution in [0, 0.1) is 19.7 Å². The van der Waals surface area contributed by atoms with Gasteiger partial charge in [-0.15, -0.1) is 0 Å². The molecule has 0 unspecified atom stereocenters. The first-order valence-electron chi connectivity index (χ1n) is 11.8. The van der Waals surface area contributed by atoms with E-state index in [2.05, 4.69) is 4.98 Å². The molecule has 8 heteroatoms. The smallest absolute Gasteiger partial charge is 0.341 e. The second kappa shape index (κ2) is 9.45. The molecule has 3 heterocycles. The molecule has 0 spiro atoms. The van der Waals surface area contributed by atoms with Crippen LogP contribution in [0.5, 0.6) is 5.88 Å². The van der Waals surface area contributed by atoms with Gasteiger partial charge in [0.05, 0.1) is 17.2 Å². The van der Waals surface area contributed by atoms with Crippen molar-refractivity contribution in [1.29, 1.82) is 0 Å². The highest BCUT2D eigenvalue weighted by Crippen LogP contribution is 2.32. The van der Waals surface area contributed by atoms with Crippen LogP contribution in [0.25, 0.3) is 16.6 Å². The molecule has 184 valence electrons. The Bertz CT molecular complexity index is 1500. The van der Waals surface area contributed by atoms with E-state index in [9.17, 15) is 14.7 Å². The van der Waals surface area contributed by atoms with Gasteiger partial charge in [0.2, 0.25) is 11.3 Å². The first-order valence-corrected chi connectivity index (χ1v) is 11.8. The number of nitrogens with zero attached hydrogens (tertiary/aromatic N) is 3. The van der Waals surface area contributed by atoms with Crippen LogP contribution in [0.15, 0.2) is 65.7 Å². The number of rotatable bonds is 6. The van der Waals surface area contributed by atoms with Crippen molar-refractivity contribution in [3.63, 3.8) is 0 Å². The zero-order chi connectivity index (χ0) is 25.4. The lowest BCUT2D eigenvalue weighted by atomic mass is 10.1. The highest BCUT2D eigenvalue weighted by atomic mass is 19.1. The van der Waals surface area contributed by atoms with Crippen LogP contribution in [0.4, 0.5) is 10.1 Å². The van der Waals surface area contributed by atoms with Gasteiger partial charge in [-0.2, -0.15) is 0 Å². The van der Waals surface area contributed by atoms with Gasteiger partial charge in [0.1, 0.15) is 18.0 Å². The van der Waals surface area contributed by atoms with Gasteiger partial charge >= 0.3 is 5.97 Å². The lowest BCUT2D eigenvalue weighted by Gasteiger charge is -2.28. The van der Waals surface area contributed by atoms with E-state index in [1.165, 1.54) is 6.20 Å². The molecule has 1 aliphatic heterocycles. The summed E-state index contributed by atoms with van der Waals surface area (Å²) in [6.45, 7) is 4.87. The van der Waals surface area contributed by atoms with E-state index in [1.54, 1.807) is 22.9 Å². The number of fused-ring (bicyclic) bond motifs is 1. The molecular formula is C28H26FN3O4. The number of aryl methyl sites for hydroxylation is 2. The molecule has 1 fully saturated rings. The summed E-state index contributed by atoms with van der Waals surface area (Å²) in [6.07, 6.45) is 4.68. The number of benzene rings is 2. The number of carboxylic acids is 1. The molecule has 1 saturated heterocycles. The predicted octanol–water partition coefficient (Wildman–Crippen LogP) is 4.89. The van der Waals surface area contributed by atoms with E-state index in [0.717, 1.165) is 30.0 Å². The van der Waals surface area contributed by atoms with Gasteiger partial charge in [0.15, 0.2) is 0 Å². The summed E-state index contributed by atoms with van der Waals surface area (Å²) in [5.74, 6) is -1.41. The number of aromatic carboxylic acids is 1. The molecule has 1 aliphatic rings. The van der Waals surface area contributed by atoms with E-state index in [-0.39, 0.29) is 11.4 Å². The van der Waals surface area contributed by atoms with Crippen molar-refractivity contribution in [2.45, 2.75) is 32.7 Å². The summed E-state index contributed by atoms with van der Waals surface area (Å²) >= 11 is 0. The van der Waals surface area contributed by atoms with Gasteiger partial charge < -0.3 is 19.3 Å². The monoisotopic (exact) mass is 487 g/mol. The number of hydrogen-bond donors (Lipinski definition) is 1. The normalized spacial score (nSPS) is 15.4. The molecule has 5 rings (SSSR count). The maximum Gasteiger partial charge on any atom is 0.341 e. The number of hydrogen-bond acceptors (Lipinski definition) is 5. The van der Waals surface area contributed by atoms with Crippen molar-refractivity contribution in [2.24, 2.45) is 0 Å². The molecule has 0 bridgehead atoms. The van der Waals surface area contributed by atoms with Gasteiger partial charge in [-0.05, 0) is 68.1 Å². The quantitative estimate of drug-likeness (QED) is 0.417. The third kappa shape index (κ3) is 4.42. The Morgan fingerprint density at radius 1 is 1.17 bits per heavy atom. The maximum atomic E-state index is 15.5.